The van der Waals surface area contributed by atoms with Gasteiger partial charge in [0.15, 0.2) is 0 Å². The Morgan fingerprint density at radius 1 is 1.47 bits per heavy atom. The summed E-state index contributed by atoms with van der Waals surface area (Å²) in [5.41, 5.74) is 0.511. The van der Waals surface area contributed by atoms with Crippen molar-refractivity contribution in [1.82, 2.24) is 15.0 Å². The summed E-state index contributed by atoms with van der Waals surface area (Å²) < 4.78 is 5.35. The van der Waals surface area contributed by atoms with E-state index >= 15 is 0 Å². The molecule has 9 heteroatoms. The maximum Gasteiger partial charge on any atom is 0.329 e. The first-order valence-electron chi connectivity index (χ1n) is 5.31. The number of nitrogens with zero attached hydrogens (tertiary/aromatic N) is 4. The van der Waals surface area contributed by atoms with Gasteiger partial charge in [0.25, 0.3) is 0 Å². The number of halogens is 1. The molecule has 0 saturated carbocycles. The monoisotopic (exact) mass is 283 g/mol. The molecule has 0 bridgehead atoms. The van der Waals surface area contributed by atoms with Crippen LogP contribution in [0.5, 0.6) is 0 Å². The summed E-state index contributed by atoms with van der Waals surface area (Å²) in [5, 5.41) is 13.5. The van der Waals surface area contributed by atoms with Gasteiger partial charge >= 0.3 is 5.69 Å². The van der Waals surface area contributed by atoms with Crippen LogP contribution in [0.15, 0.2) is 10.6 Å². The molecule has 0 saturated heterocycles. The number of rotatable bonds is 4. The van der Waals surface area contributed by atoms with Crippen molar-refractivity contribution in [3.63, 3.8) is 0 Å². The van der Waals surface area contributed by atoms with E-state index in [0.717, 1.165) is 11.9 Å². The van der Waals surface area contributed by atoms with Crippen LogP contribution in [0.25, 0.3) is 0 Å². The maximum atomic E-state index is 10.8. The largest absolute Gasteiger partial charge is 0.444 e. The van der Waals surface area contributed by atoms with Crippen molar-refractivity contribution in [2.75, 3.05) is 5.32 Å². The molecular weight excluding hydrogens is 274 g/mol. The zero-order valence-corrected chi connectivity index (χ0v) is 10.9. The average Bonchev–Trinajstić information content (AvgIpc) is 2.66. The van der Waals surface area contributed by atoms with Crippen LogP contribution < -0.4 is 5.32 Å². The standard InChI is InChI=1S/C10H10ClN5O3/c1-5-6(2)19-8(14-5)4-12-9-7(16(17)18)3-13-10(11)15-9/h3H,4H2,1-2H3,(H,12,13,15). The second kappa shape index (κ2) is 5.19. The van der Waals surface area contributed by atoms with Crippen molar-refractivity contribution in [2.45, 2.75) is 20.4 Å². The lowest BCUT2D eigenvalue weighted by molar-refractivity contribution is -0.384. The Morgan fingerprint density at radius 3 is 2.79 bits per heavy atom. The SMILES string of the molecule is Cc1nc(CNc2nc(Cl)ncc2[N+](=O)[O-])oc1C. The topological polar surface area (TPSA) is 107 Å². The normalized spacial score (nSPS) is 10.5. The van der Waals surface area contributed by atoms with E-state index in [-0.39, 0.29) is 23.3 Å². The lowest BCUT2D eigenvalue weighted by Crippen LogP contribution is -2.06. The van der Waals surface area contributed by atoms with E-state index < -0.39 is 4.92 Å². The molecule has 1 N–H and O–H groups in total. The first-order chi connectivity index (χ1) is 8.97. The minimum absolute atomic E-state index is 0.0264. The summed E-state index contributed by atoms with van der Waals surface area (Å²) in [4.78, 5) is 21.7. The predicted molar refractivity (Wildman–Crippen MR) is 67.0 cm³/mol. The van der Waals surface area contributed by atoms with E-state index in [1.807, 2.05) is 6.92 Å². The van der Waals surface area contributed by atoms with Crippen molar-refractivity contribution >= 4 is 23.1 Å². The average molecular weight is 284 g/mol. The Balaban J connectivity index is 2.19. The second-order valence-electron chi connectivity index (χ2n) is 3.73. The number of nitro groups is 1. The number of hydrogen-bond donors (Lipinski definition) is 1. The molecule has 0 aromatic carbocycles. The minimum Gasteiger partial charge on any atom is -0.444 e. The Labute approximate surface area is 113 Å². The van der Waals surface area contributed by atoms with Gasteiger partial charge in [-0.1, -0.05) is 0 Å². The first-order valence-corrected chi connectivity index (χ1v) is 5.69. The zero-order valence-electron chi connectivity index (χ0n) is 10.2. The molecule has 0 aliphatic carbocycles. The fourth-order valence-corrected chi connectivity index (χ4v) is 1.53. The molecule has 0 fully saturated rings. The quantitative estimate of drug-likeness (QED) is 0.521. The summed E-state index contributed by atoms with van der Waals surface area (Å²) in [5.74, 6) is 1.14. The third-order valence-corrected chi connectivity index (χ3v) is 2.60. The van der Waals surface area contributed by atoms with Gasteiger partial charge in [-0.25, -0.2) is 9.97 Å². The van der Waals surface area contributed by atoms with Crippen molar-refractivity contribution in [3.05, 3.63) is 38.9 Å². The molecule has 0 spiro atoms. The fraction of sp³-hybridized carbons (Fsp3) is 0.300. The molecule has 100 valence electrons. The fourth-order valence-electron chi connectivity index (χ4n) is 1.39. The van der Waals surface area contributed by atoms with Gasteiger partial charge in [-0.15, -0.1) is 0 Å². The van der Waals surface area contributed by atoms with Crippen LogP contribution in [0.4, 0.5) is 11.5 Å². The number of aromatic nitrogens is 3. The summed E-state index contributed by atoms with van der Waals surface area (Å²) in [7, 11) is 0. The molecule has 0 aliphatic heterocycles. The summed E-state index contributed by atoms with van der Waals surface area (Å²) in [6, 6.07) is 0. The van der Waals surface area contributed by atoms with E-state index in [0.29, 0.717) is 11.7 Å². The predicted octanol–water partition coefficient (Wildman–Crippen LogP) is 2.26. The Morgan fingerprint density at radius 2 is 2.21 bits per heavy atom. The van der Waals surface area contributed by atoms with Crippen LogP contribution in [0.2, 0.25) is 5.28 Å². The zero-order chi connectivity index (χ0) is 14.0. The van der Waals surface area contributed by atoms with Gasteiger partial charge in [-0.2, -0.15) is 4.98 Å². The third-order valence-electron chi connectivity index (χ3n) is 2.42. The molecule has 0 aliphatic rings. The lowest BCUT2D eigenvalue weighted by atomic mass is 10.4. The van der Waals surface area contributed by atoms with Crippen LogP contribution in [-0.4, -0.2) is 19.9 Å². The summed E-state index contributed by atoms with van der Waals surface area (Å²) in [6.45, 7) is 3.77. The molecule has 2 aromatic rings. The van der Waals surface area contributed by atoms with Crippen LogP contribution >= 0.6 is 11.6 Å². The summed E-state index contributed by atoms with van der Waals surface area (Å²) in [6.07, 6.45) is 1.05. The van der Waals surface area contributed by atoms with E-state index in [2.05, 4.69) is 20.3 Å². The van der Waals surface area contributed by atoms with Gasteiger partial charge in [0.1, 0.15) is 12.0 Å². The maximum absolute atomic E-state index is 10.8. The molecule has 8 nitrogen and oxygen atoms in total. The number of nitrogens with one attached hydrogen (secondary N) is 1. The van der Waals surface area contributed by atoms with E-state index in [1.165, 1.54) is 0 Å². The molecular formula is C10H10ClN5O3. The lowest BCUT2D eigenvalue weighted by Gasteiger charge is -2.03. The molecule has 2 aromatic heterocycles. The summed E-state index contributed by atoms with van der Waals surface area (Å²) >= 11 is 5.61. The van der Waals surface area contributed by atoms with Crippen LogP contribution in [0.3, 0.4) is 0 Å². The van der Waals surface area contributed by atoms with Crippen molar-refractivity contribution in [1.29, 1.82) is 0 Å². The molecule has 2 heterocycles. The molecule has 2 rings (SSSR count). The number of oxazole rings is 1. The second-order valence-corrected chi connectivity index (χ2v) is 4.07. The highest BCUT2D eigenvalue weighted by atomic mass is 35.5. The van der Waals surface area contributed by atoms with Gasteiger partial charge in [-0.3, -0.25) is 10.1 Å². The minimum atomic E-state index is -0.593. The van der Waals surface area contributed by atoms with Crippen LogP contribution in [0, 0.1) is 24.0 Å². The first kappa shape index (κ1) is 13.2. The van der Waals surface area contributed by atoms with Gasteiger partial charge < -0.3 is 9.73 Å². The van der Waals surface area contributed by atoms with Crippen molar-refractivity contribution in [3.8, 4) is 0 Å². The highest BCUT2D eigenvalue weighted by molar-refractivity contribution is 6.28. The Kier molecular flexibility index (Phi) is 3.61. The molecule has 0 amide bonds. The van der Waals surface area contributed by atoms with Crippen molar-refractivity contribution < 1.29 is 9.34 Å². The molecule has 0 atom stereocenters. The highest BCUT2D eigenvalue weighted by Gasteiger charge is 2.17. The molecule has 19 heavy (non-hydrogen) atoms. The van der Waals surface area contributed by atoms with Gasteiger partial charge in [0.2, 0.25) is 17.0 Å². The number of anilines is 1. The molecule has 0 unspecified atom stereocenters. The van der Waals surface area contributed by atoms with Crippen molar-refractivity contribution in [2.24, 2.45) is 0 Å². The van der Waals surface area contributed by atoms with E-state index in [9.17, 15) is 10.1 Å². The van der Waals surface area contributed by atoms with Gasteiger partial charge in [0.05, 0.1) is 17.2 Å². The Hall–Kier alpha value is -2.22. The van der Waals surface area contributed by atoms with E-state index in [4.69, 9.17) is 16.0 Å². The van der Waals surface area contributed by atoms with Gasteiger partial charge in [0, 0.05) is 0 Å². The van der Waals surface area contributed by atoms with Gasteiger partial charge in [-0.05, 0) is 25.4 Å². The van der Waals surface area contributed by atoms with Crippen LogP contribution in [-0.2, 0) is 6.54 Å². The Bertz CT molecular complexity index is 608. The number of aryl methyl sites for hydroxylation is 2. The van der Waals surface area contributed by atoms with E-state index in [1.54, 1.807) is 6.92 Å². The highest BCUT2D eigenvalue weighted by Crippen LogP contribution is 2.22. The molecule has 0 radical (unpaired) electrons. The number of hydrogen-bond acceptors (Lipinski definition) is 7. The smallest absolute Gasteiger partial charge is 0.329 e. The third kappa shape index (κ3) is 2.97. The van der Waals surface area contributed by atoms with Crippen LogP contribution in [0.1, 0.15) is 17.3 Å².